The molecule has 0 spiro atoms. The molecule has 0 aliphatic heterocycles. The van der Waals surface area contributed by atoms with Crippen LogP contribution in [0.1, 0.15) is 6.92 Å². The van der Waals surface area contributed by atoms with Crippen molar-refractivity contribution in [2.45, 2.75) is 6.92 Å². The van der Waals surface area contributed by atoms with Crippen LogP contribution in [0, 0.1) is 0 Å². The zero-order chi connectivity index (χ0) is 9.54. The molecule has 12 heavy (non-hydrogen) atoms. The Morgan fingerprint density at radius 1 is 1.08 bits per heavy atom. The smallest absolute Gasteiger partial charge is 0.373 e. The minimum atomic E-state index is 0. The molecule has 0 aromatic heterocycles. The van der Waals surface area contributed by atoms with Gasteiger partial charge in [0.25, 0.3) is 0 Å². The average molecular weight is 200 g/mol. The van der Waals surface area contributed by atoms with Gasteiger partial charge in [0.15, 0.2) is 0 Å². The van der Waals surface area contributed by atoms with E-state index >= 15 is 0 Å². The Bertz CT molecular complexity index is 151. The summed E-state index contributed by atoms with van der Waals surface area (Å²) in [5, 5.41) is 0. The van der Waals surface area contributed by atoms with Gasteiger partial charge in [0.2, 0.25) is 0 Å². The number of allylic oxidation sites excluding steroid dienone is 3. The molecule has 0 heterocycles. The van der Waals surface area contributed by atoms with E-state index in [-0.39, 0.29) is 21.7 Å². The van der Waals surface area contributed by atoms with Gasteiger partial charge >= 0.3 is 21.7 Å². The molecule has 0 radical (unpaired) electrons. The van der Waals surface area contributed by atoms with E-state index in [4.69, 9.17) is 22.1 Å². The van der Waals surface area contributed by atoms with Gasteiger partial charge in [-0.25, -0.2) is 0 Å². The zero-order valence-corrected chi connectivity index (χ0v) is 8.18. The average Bonchev–Trinajstić information content (AvgIpc) is 1.92. The van der Waals surface area contributed by atoms with E-state index in [1.807, 2.05) is 19.1 Å². The summed E-state index contributed by atoms with van der Waals surface area (Å²) in [5.74, 6) is 0. The Balaban J connectivity index is -0.0000000406. The molecule has 0 bridgehead atoms. The van der Waals surface area contributed by atoms with E-state index in [1.54, 1.807) is 6.08 Å². The molecule has 62 valence electrons. The fourth-order valence-electron chi connectivity index (χ4n) is 0.136. The topological polar surface area (TPSA) is 117 Å². The maximum absolute atomic E-state index is 6.75. The Morgan fingerprint density at radius 3 is 1.33 bits per heavy atom. The molecule has 0 aromatic rings. The van der Waals surface area contributed by atoms with Crippen LogP contribution in [0.4, 0.5) is 0 Å². The Kier molecular flexibility index (Phi) is 98.0. The first-order chi connectivity index (χ1) is 5.24. The third-order valence-electron chi connectivity index (χ3n) is 0.329. The van der Waals surface area contributed by atoms with Gasteiger partial charge in [-0.2, -0.15) is 0 Å². The second-order valence-corrected chi connectivity index (χ2v) is 0.940. The van der Waals surface area contributed by atoms with Crippen molar-refractivity contribution in [2.75, 3.05) is 0 Å². The second-order valence-electron chi connectivity index (χ2n) is 0.940. The quantitative estimate of drug-likeness (QED) is 0.202. The predicted octanol–water partition coefficient (Wildman–Crippen LogP) is 3.48. The molecule has 0 atom stereocenters. The summed E-state index contributed by atoms with van der Waals surface area (Å²) in [6.45, 7) is 5.42. The molecule has 0 aliphatic rings. The SMILES string of the molecule is C=CC=CC.[N-]=[N+]=[N-].[N-]=[N+]=[N-].[Ti+2]. The maximum Gasteiger partial charge on any atom is 2.00 e. The monoisotopic (exact) mass is 200 g/mol. The van der Waals surface area contributed by atoms with Crippen molar-refractivity contribution >= 4 is 0 Å². The van der Waals surface area contributed by atoms with Crippen LogP contribution >= 0.6 is 0 Å². The van der Waals surface area contributed by atoms with E-state index in [2.05, 4.69) is 6.58 Å². The molecule has 0 aromatic carbocycles. The summed E-state index contributed by atoms with van der Waals surface area (Å²) in [6.07, 6.45) is 5.58. The Morgan fingerprint density at radius 2 is 1.33 bits per heavy atom. The van der Waals surface area contributed by atoms with Gasteiger partial charge < -0.3 is 22.1 Å². The number of hydrogen-bond acceptors (Lipinski definition) is 0. The van der Waals surface area contributed by atoms with Gasteiger partial charge in [-0.1, -0.05) is 24.8 Å². The van der Waals surface area contributed by atoms with Gasteiger partial charge in [-0.15, -0.1) is 0 Å². The summed E-state index contributed by atoms with van der Waals surface area (Å²) in [7, 11) is 0. The number of nitrogens with zero attached hydrogens (tertiary/aromatic N) is 6. The molecule has 6 nitrogen and oxygen atoms in total. The van der Waals surface area contributed by atoms with Crippen molar-refractivity contribution in [3.63, 3.8) is 0 Å². The molecular formula is C5H8N6Ti. The van der Waals surface area contributed by atoms with E-state index in [0.717, 1.165) is 0 Å². The fourth-order valence-corrected chi connectivity index (χ4v) is 0.136. The summed E-state index contributed by atoms with van der Waals surface area (Å²) in [6, 6.07) is 0. The van der Waals surface area contributed by atoms with Crippen LogP contribution in [0.2, 0.25) is 0 Å². The Labute approximate surface area is 85.7 Å². The fraction of sp³-hybridized carbons (Fsp3) is 0.200. The molecule has 7 heteroatoms. The second kappa shape index (κ2) is 52.4. The van der Waals surface area contributed by atoms with E-state index in [9.17, 15) is 0 Å². The summed E-state index contributed by atoms with van der Waals surface area (Å²) < 4.78 is 0. The first-order valence-corrected chi connectivity index (χ1v) is 2.45. The number of hydrogen-bond donors (Lipinski definition) is 0. The van der Waals surface area contributed by atoms with Gasteiger partial charge in [0.05, 0.1) is 0 Å². The molecule has 0 saturated carbocycles. The van der Waals surface area contributed by atoms with Crippen LogP contribution in [0.25, 0.3) is 31.9 Å². The van der Waals surface area contributed by atoms with Crippen molar-refractivity contribution < 1.29 is 21.7 Å². The van der Waals surface area contributed by atoms with Crippen molar-refractivity contribution in [1.82, 2.24) is 0 Å². The maximum atomic E-state index is 6.75. The van der Waals surface area contributed by atoms with Crippen molar-refractivity contribution in [3.8, 4) is 0 Å². The first-order valence-electron chi connectivity index (χ1n) is 2.45. The molecule has 0 rings (SSSR count). The van der Waals surface area contributed by atoms with E-state index < -0.39 is 0 Å². The third-order valence-corrected chi connectivity index (χ3v) is 0.329. The Hall–Kier alpha value is -1.19. The first kappa shape index (κ1) is 22.4. The minimum Gasteiger partial charge on any atom is -0.373 e. The third kappa shape index (κ3) is 812. The van der Waals surface area contributed by atoms with E-state index in [1.165, 1.54) is 9.82 Å². The van der Waals surface area contributed by atoms with Crippen molar-refractivity contribution in [3.05, 3.63) is 56.8 Å². The van der Waals surface area contributed by atoms with Gasteiger partial charge in [-0.05, 0) is 6.92 Å². The van der Waals surface area contributed by atoms with Crippen LogP contribution in [0.3, 0.4) is 0 Å². The summed E-state index contributed by atoms with van der Waals surface area (Å²) in [5.41, 5.74) is 27.0. The molecule has 0 N–H and O–H groups in total. The largest absolute Gasteiger partial charge is 2.00 e. The molecule has 0 saturated heterocycles. The molecule has 0 unspecified atom stereocenters. The van der Waals surface area contributed by atoms with E-state index in [0.29, 0.717) is 0 Å². The number of rotatable bonds is 1. The van der Waals surface area contributed by atoms with Crippen LogP contribution in [0.5, 0.6) is 0 Å². The summed E-state index contributed by atoms with van der Waals surface area (Å²) in [4.78, 5) is 3.00. The van der Waals surface area contributed by atoms with Crippen LogP contribution < -0.4 is 0 Å². The van der Waals surface area contributed by atoms with Crippen molar-refractivity contribution in [1.29, 1.82) is 0 Å². The van der Waals surface area contributed by atoms with Crippen LogP contribution in [-0.4, -0.2) is 0 Å². The minimum absolute atomic E-state index is 0. The van der Waals surface area contributed by atoms with Crippen LogP contribution in [0.15, 0.2) is 24.8 Å². The zero-order valence-electron chi connectivity index (χ0n) is 6.62. The van der Waals surface area contributed by atoms with Crippen molar-refractivity contribution in [2.24, 2.45) is 0 Å². The predicted molar refractivity (Wildman–Crippen MR) is 45.2 cm³/mol. The molecule has 0 aliphatic carbocycles. The normalized spacial score (nSPS) is 5.08. The molecule has 0 fully saturated rings. The van der Waals surface area contributed by atoms with Gasteiger partial charge in [0, 0.05) is 0 Å². The molecule has 0 amide bonds. The van der Waals surface area contributed by atoms with Crippen LogP contribution in [-0.2, 0) is 21.7 Å². The van der Waals surface area contributed by atoms with Gasteiger partial charge in [-0.3, -0.25) is 9.82 Å². The summed E-state index contributed by atoms with van der Waals surface area (Å²) >= 11 is 0. The standard InChI is InChI=1S/C5H8.2N3.Ti/c1-3-5-4-2;2*1-3-2;/h3-5H,1H2,2H3;;;/q;2*-1;+2. The van der Waals surface area contributed by atoms with Gasteiger partial charge in [0.1, 0.15) is 0 Å². The molecular weight excluding hydrogens is 192 g/mol.